The van der Waals surface area contributed by atoms with Crippen LogP contribution in [0.1, 0.15) is 22.6 Å². The average Bonchev–Trinajstić information content (AvgIpc) is 3.16. The van der Waals surface area contributed by atoms with E-state index in [9.17, 15) is 4.79 Å². The molecule has 2 aromatic rings. The number of nitrogens with zero attached hydrogens (tertiary/aromatic N) is 4. The number of likely N-dealkylation sites (N-methyl/N-ethyl adjacent to an activating group) is 1. The minimum absolute atomic E-state index is 0.00855. The minimum Gasteiger partial charge on any atom is -0.489 e. The summed E-state index contributed by atoms with van der Waals surface area (Å²) in [4.78, 5) is 25.5. The van der Waals surface area contributed by atoms with Crippen LogP contribution in [0.5, 0.6) is 5.75 Å². The molecule has 1 aromatic carbocycles. The van der Waals surface area contributed by atoms with Crippen LogP contribution >= 0.6 is 0 Å². The highest BCUT2D eigenvalue weighted by atomic mass is 16.5. The lowest BCUT2D eigenvalue weighted by molar-refractivity contribution is 0.0775. The summed E-state index contributed by atoms with van der Waals surface area (Å²) in [6, 6.07) is 9.25. The van der Waals surface area contributed by atoms with Crippen molar-refractivity contribution in [1.82, 2.24) is 19.8 Å². The molecule has 1 saturated heterocycles. The number of anilines is 1. The Hall–Kier alpha value is -2.93. The van der Waals surface area contributed by atoms with Crippen LogP contribution in [-0.2, 0) is 6.54 Å². The van der Waals surface area contributed by atoms with Crippen molar-refractivity contribution in [1.29, 1.82) is 0 Å². The van der Waals surface area contributed by atoms with Crippen LogP contribution in [0.15, 0.2) is 49.2 Å². The van der Waals surface area contributed by atoms with Crippen LogP contribution in [-0.4, -0.2) is 58.5 Å². The van der Waals surface area contributed by atoms with E-state index in [-0.39, 0.29) is 11.9 Å². The van der Waals surface area contributed by atoms with E-state index in [4.69, 9.17) is 10.5 Å². The first kappa shape index (κ1) is 18.8. The van der Waals surface area contributed by atoms with Gasteiger partial charge in [0.05, 0.1) is 12.1 Å². The number of benzene rings is 1. The Morgan fingerprint density at radius 3 is 3.04 bits per heavy atom. The second-order valence-corrected chi connectivity index (χ2v) is 6.60. The van der Waals surface area contributed by atoms with Crippen molar-refractivity contribution in [2.24, 2.45) is 0 Å². The SMILES string of the molecule is C=CCOc1ccccc1C(=O)N1CCC(N(C)Cc2nccc(N)n2)C1. The molecule has 1 aliphatic heterocycles. The second kappa shape index (κ2) is 8.64. The van der Waals surface area contributed by atoms with Crippen molar-refractivity contribution in [3.05, 3.63) is 60.6 Å². The van der Waals surface area contributed by atoms with E-state index >= 15 is 0 Å². The highest BCUT2D eigenvalue weighted by molar-refractivity contribution is 5.97. The molecule has 0 saturated carbocycles. The van der Waals surface area contributed by atoms with E-state index in [0.717, 1.165) is 6.42 Å². The number of likely N-dealkylation sites (tertiary alicyclic amines) is 1. The molecule has 1 aliphatic rings. The largest absolute Gasteiger partial charge is 0.489 e. The first-order chi connectivity index (χ1) is 13.1. The summed E-state index contributed by atoms with van der Waals surface area (Å²) in [5.41, 5.74) is 6.31. The highest BCUT2D eigenvalue weighted by Gasteiger charge is 2.30. The van der Waals surface area contributed by atoms with Crippen molar-refractivity contribution in [3.63, 3.8) is 0 Å². The summed E-state index contributed by atoms with van der Waals surface area (Å²) in [7, 11) is 2.02. The van der Waals surface area contributed by atoms with Crippen LogP contribution in [0.2, 0.25) is 0 Å². The van der Waals surface area contributed by atoms with Crippen molar-refractivity contribution in [3.8, 4) is 5.75 Å². The number of aromatic nitrogens is 2. The molecule has 7 heteroatoms. The lowest BCUT2D eigenvalue weighted by Gasteiger charge is -2.24. The number of hydrogen-bond acceptors (Lipinski definition) is 6. The Morgan fingerprint density at radius 2 is 2.26 bits per heavy atom. The summed E-state index contributed by atoms with van der Waals surface area (Å²) >= 11 is 0. The van der Waals surface area contributed by atoms with E-state index < -0.39 is 0 Å². The van der Waals surface area contributed by atoms with Crippen LogP contribution < -0.4 is 10.5 Å². The zero-order valence-electron chi connectivity index (χ0n) is 15.5. The third kappa shape index (κ3) is 4.62. The molecule has 142 valence electrons. The second-order valence-electron chi connectivity index (χ2n) is 6.60. The number of hydrogen-bond donors (Lipinski definition) is 1. The van der Waals surface area contributed by atoms with E-state index in [2.05, 4.69) is 21.4 Å². The minimum atomic E-state index is -0.00855. The zero-order chi connectivity index (χ0) is 19.2. The normalized spacial score (nSPS) is 16.5. The molecule has 27 heavy (non-hydrogen) atoms. The third-order valence-corrected chi connectivity index (χ3v) is 4.67. The van der Waals surface area contributed by atoms with Crippen molar-refractivity contribution in [2.45, 2.75) is 19.0 Å². The third-order valence-electron chi connectivity index (χ3n) is 4.67. The molecule has 1 aromatic heterocycles. The van der Waals surface area contributed by atoms with Crippen LogP contribution in [0.4, 0.5) is 5.82 Å². The van der Waals surface area contributed by atoms with E-state index in [0.29, 0.717) is 49.2 Å². The maximum absolute atomic E-state index is 13.0. The van der Waals surface area contributed by atoms with Gasteiger partial charge in [-0.05, 0) is 31.7 Å². The number of carbonyl (C=O) groups excluding carboxylic acids is 1. The van der Waals surface area contributed by atoms with Gasteiger partial charge in [0, 0.05) is 25.3 Å². The van der Waals surface area contributed by atoms with Gasteiger partial charge in [-0.1, -0.05) is 24.8 Å². The predicted molar refractivity (Wildman–Crippen MR) is 104 cm³/mol. The fourth-order valence-electron chi connectivity index (χ4n) is 3.22. The summed E-state index contributed by atoms with van der Waals surface area (Å²) in [5.74, 6) is 1.73. The number of rotatable bonds is 7. The lowest BCUT2D eigenvalue weighted by Crippen LogP contribution is -2.36. The van der Waals surface area contributed by atoms with Gasteiger partial charge in [-0.3, -0.25) is 9.69 Å². The number of nitrogen functional groups attached to an aromatic ring is 1. The Balaban J connectivity index is 1.63. The molecular weight excluding hydrogens is 342 g/mol. The first-order valence-corrected chi connectivity index (χ1v) is 8.98. The fraction of sp³-hybridized carbons (Fsp3) is 0.350. The van der Waals surface area contributed by atoms with E-state index in [1.807, 2.05) is 30.1 Å². The molecule has 1 atom stereocenters. The summed E-state index contributed by atoms with van der Waals surface area (Å²) in [6.07, 6.45) is 4.23. The molecule has 0 spiro atoms. The van der Waals surface area contributed by atoms with Gasteiger partial charge in [-0.2, -0.15) is 0 Å². The van der Waals surface area contributed by atoms with Crippen molar-refractivity contribution < 1.29 is 9.53 Å². The van der Waals surface area contributed by atoms with Gasteiger partial charge < -0.3 is 15.4 Å². The van der Waals surface area contributed by atoms with Crippen molar-refractivity contribution >= 4 is 11.7 Å². The van der Waals surface area contributed by atoms with E-state index in [1.54, 1.807) is 24.4 Å². The zero-order valence-corrected chi connectivity index (χ0v) is 15.5. The predicted octanol–water partition coefficient (Wildman–Crippen LogP) is 1.97. The number of nitrogens with two attached hydrogens (primary N) is 1. The monoisotopic (exact) mass is 367 g/mol. The summed E-state index contributed by atoms with van der Waals surface area (Å²) < 4.78 is 5.63. The van der Waals surface area contributed by atoms with Gasteiger partial charge in [0.15, 0.2) is 0 Å². The average molecular weight is 367 g/mol. The molecule has 2 N–H and O–H groups in total. The standard InChI is InChI=1S/C20H25N5O2/c1-3-12-27-17-7-5-4-6-16(17)20(26)25-11-9-15(13-25)24(2)14-19-22-10-8-18(21)23-19/h3-8,10,15H,1,9,11-14H2,2H3,(H2,21,22,23). The van der Waals surface area contributed by atoms with Gasteiger partial charge in [-0.25, -0.2) is 9.97 Å². The Morgan fingerprint density at radius 1 is 1.44 bits per heavy atom. The maximum atomic E-state index is 13.0. The molecule has 1 unspecified atom stereocenters. The fourth-order valence-corrected chi connectivity index (χ4v) is 3.22. The smallest absolute Gasteiger partial charge is 0.257 e. The van der Waals surface area contributed by atoms with Crippen LogP contribution in [0, 0.1) is 0 Å². The number of amides is 1. The lowest BCUT2D eigenvalue weighted by atomic mass is 10.1. The van der Waals surface area contributed by atoms with Crippen molar-refractivity contribution in [2.75, 3.05) is 32.5 Å². The number of para-hydroxylation sites is 1. The van der Waals surface area contributed by atoms with Gasteiger partial charge in [0.1, 0.15) is 24.0 Å². The van der Waals surface area contributed by atoms with Gasteiger partial charge in [-0.15, -0.1) is 0 Å². The van der Waals surface area contributed by atoms with Crippen LogP contribution in [0.25, 0.3) is 0 Å². The Bertz CT molecular complexity index is 810. The number of ether oxygens (including phenoxy) is 1. The molecule has 0 aliphatic carbocycles. The topological polar surface area (TPSA) is 84.6 Å². The molecule has 1 amide bonds. The quantitative estimate of drug-likeness (QED) is 0.753. The molecule has 2 heterocycles. The number of carbonyl (C=O) groups is 1. The summed E-state index contributed by atoms with van der Waals surface area (Å²) in [6.45, 7) is 5.99. The molecular formula is C20H25N5O2. The maximum Gasteiger partial charge on any atom is 0.257 e. The van der Waals surface area contributed by atoms with Crippen LogP contribution in [0.3, 0.4) is 0 Å². The Kier molecular flexibility index (Phi) is 6.03. The molecule has 0 radical (unpaired) electrons. The molecule has 3 rings (SSSR count). The summed E-state index contributed by atoms with van der Waals surface area (Å²) in [5, 5.41) is 0. The van der Waals surface area contributed by atoms with Gasteiger partial charge >= 0.3 is 0 Å². The molecule has 7 nitrogen and oxygen atoms in total. The molecule has 0 bridgehead atoms. The molecule has 1 fully saturated rings. The van der Waals surface area contributed by atoms with Gasteiger partial charge in [0.2, 0.25) is 0 Å². The Labute approximate surface area is 159 Å². The first-order valence-electron chi connectivity index (χ1n) is 8.98. The van der Waals surface area contributed by atoms with Gasteiger partial charge in [0.25, 0.3) is 5.91 Å². The van der Waals surface area contributed by atoms with E-state index in [1.165, 1.54) is 0 Å². The highest BCUT2D eigenvalue weighted by Crippen LogP contribution is 2.24.